The van der Waals surface area contributed by atoms with Crippen LogP contribution in [0.5, 0.6) is 5.75 Å². The monoisotopic (exact) mass is 237 g/mol. The van der Waals surface area contributed by atoms with Crippen LogP contribution in [-0.4, -0.2) is 25.4 Å². The molecule has 0 spiro atoms. The van der Waals surface area contributed by atoms with Gasteiger partial charge in [-0.15, -0.1) is 0 Å². The molecule has 0 unspecified atom stereocenters. The normalized spacial score (nSPS) is 24.9. The van der Waals surface area contributed by atoms with E-state index in [1.165, 1.54) is 0 Å². The standard InChI is InChI=1S/C13H19BO3/c1-12(2)13(3,4)17-14(16-12)10-8-6-7-9-11(10)15-5/h6-9H,1-5H3/i5D3. The Hall–Kier alpha value is -0.995. The molecule has 0 saturated carbocycles. The van der Waals surface area contributed by atoms with Gasteiger partial charge in [0.25, 0.3) is 0 Å². The van der Waals surface area contributed by atoms with Gasteiger partial charge in [0.1, 0.15) is 5.75 Å². The summed E-state index contributed by atoms with van der Waals surface area (Å²) in [6.45, 7) is 7.78. The molecule has 0 aliphatic carbocycles. The lowest BCUT2D eigenvalue weighted by Crippen LogP contribution is -2.41. The zero-order chi connectivity index (χ0) is 15.2. The van der Waals surface area contributed by atoms with Crippen LogP contribution in [0.3, 0.4) is 0 Å². The molecule has 0 amide bonds. The van der Waals surface area contributed by atoms with Crippen LogP contribution in [0.1, 0.15) is 31.8 Å². The molecule has 3 nitrogen and oxygen atoms in total. The quantitative estimate of drug-likeness (QED) is 0.736. The second-order valence-electron chi connectivity index (χ2n) is 5.23. The van der Waals surface area contributed by atoms with Gasteiger partial charge in [-0.1, -0.05) is 18.2 Å². The second-order valence-corrected chi connectivity index (χ2v) is 5.23. The van der Waals surface area contributed by atoms with Crippen LogP contribution in [0.15, 0.2) is 24.3 Å². The van der Waals surface area contributed by atoms with E-state index in [4.69, 9.17) is 18.2 Å². The summed E-state index contributed by atoms with van der Waals surface area (Å²) in [6, 6.07) is 6.87. The lowest BCUT2D eigenvalue weighted by Gasteiger charge is -2.32. The summed E-state index contributed by atoms with van der Waals surface area (Å²) in [5.41, 5.74) is -0.377. The highest BCUT2D eigenvalue weighted by Crippen LogP contribution is 2.37. The fraction of sp³-hybridized carbons (Fsp3) is 0.538. The number of benzene rings is 1. The molecule has 0 bridgehead atoms. The Morgan fingerprint density at radius 2 is 1.71 bits per heavy atom. The molecule has 4 heteroatoms. The van der Waals surface area contributed by atoms with Gasteiger partial charge in [0, 0.05) is 5.46 Å². The van der Waals surface area contributed by atoms with Gasteiger partial charge in [0.15, 0.2) is 0 Å². The van der Waals surface area contributed by atoms with E-state index in [9.17, 15) is 0 Å². The molecule has 0 radical (unpaired) electrons. The SMILES string of the molecule is [2H]C([2H])([2H])Oc1ccccc1B1OC(C)(C)C(C)(C)O1. The molecule has 1 fully saturated rings. The summed E-state index contributed by atoms with van der Waals surface area (Å²) in [4.78, 5) is 0. The molecule has 1 heterocycles. The zero-order valence-corrected chi connectivity index (χ0v) is 10.6. The number of rotatable bonds is 2. The highest BCUT2D eigenvalue weighted by Gasteiger charge is 2.52. The Morgan fingerprint density at radius 1 is 1.12 bits per heavy atom. The van der Waals surface area contributed by atoms with Gasteiger partial charge in [-0.05, 0) is 33.8 Å². The Labute approximate surface area is 107 Å². The Morgan fingerprint density at radius 3 is 2.29 bits per heavy atom. The molecule has 1 aromatic carbocycles. The van der Waals surface area contributed by atoms with Crippen molar-refractivity contribution < 1.29 is 18.2 Å². The molecule has 1 aromatic rings. The third kappa shape index (κ3) is 2.07. The van der Waals surface area contributed by atoms with Gasteiger partial charge in [-0.2, -0.15) is 0 Å². The van der Waals surface area contributed by atoms with Crippen molar-refractivity contribution in [3.8, 4) is 5.75 Å². The fourth-order valence-corrected chi connectivity index (χ4v) is 1.74. The first-order chi connectivity index (χ1) is 9.02. The van der Waals surface area contributed by atoms with Crippen molar-refractivity contribution in [1.29, 1.82) is 0 Å². The van der Waals surface area contributed by atoms with Crippen LogP contribution >= 0.6 is 0 Å². The van der Waals surface area contributed by atoms with E-state index < -0.39 is 25.4 Å². The summed E-state index contributed by atoms with van der Waals surface area (Å²) in [6.07, 6.45) is 0. The van der Waals surface area contributed by atoms with Crippen molar-refractivity contribution in [2.24, 2.45) is 0 Å². The maximum Gasteiger partial charge on any atom is 0.498 e. The minimum absolute atomic E-state index is 0.256. The van der Waals surface area contributed by atoms with Gasteiger partial charge in [0.2, 0.25) is 0 Å². The van der Waals surface area contributed by atoms with Gasteiger partial charge in [-0.25, -0.2) is 0 Å². The summed E-state index contributed by atoms with van der Waals surface area (Å²) >= 11 is 0. The summed E-state index contributed by atoms with van der Waals surface area (Å²) in [7, 11) is -3.14. The number of methoxy groups -OCH3 is 1. The predicted molar refractivity (Wildman–Crippen MR) is 68.7 cm³/mol. The van der Waals surface area contributed by atoms with Crippen LogP contribution in [0.2, 0.25) is 0 Å². The number of hydrogen-bond acceptors (Lipinski definition) is 3. The zero-order valence-electron chi connectivity index (χ0n) is 13.6. The number of ether oxygens (including phenoxy) is 1. The molecule has 92 valence electrons. The van der Waals surface area contributed by atoms with Crippen LogP contribution < -0.4 is 10.2 Å². The first-order valence-electron chi connectivity index (χ1n) is 7.15. The first-order valence-corrected chi connectivity index (χ1v) is 5.65. The lowest BCUT2D eigenvalue weighted by molar-refractivity contribution is 0.00578. The van der Waals surface area contributed by atoms with E-state index in [1.54, 1.807) is 24.3 Å². The highest BCUT2D eigenvalue weighted by molar-refractivity contribution is 6.63. The van der Waals surface area contributed by atoms with Crippen LogP contribution in [-0.2, 0) is 9.31 Å². The minimum atomic E-state index is -2.50. The summed E-state index contributed by atoms with van der Waals surface area (Å²) in [5, 5.41) is 0. The average Bonchev–Trinajstić information content (AvgIpc) is 2.46. The largest absolute Gasteiger partial charge is 0.498 e. The van der Waals surface area contributed by atoms with Crippen LogP contribution in [0.4, 0.5) is 0 Å². The molecule has 1 aliphatic rings. The van der Waals surface area contributed by atoms with E-state index in [2.05, 4.69) is 0 Å². The number of para-hydroxylation sites is 1. The van der Waals surface area contributed by atoms with Crippen molar-refractivity contribution in [2.45, 2.75) is 38.9 Å². The van der Waals surface area contributed by atoms with E-state index in [0.717, 1.165) is 0 Å². The molecular weight excluding hydrogens is 215 g/mol. The van der Waals surface area contributed by atoms with E-state index in [-0.39, 0.29) is 5.75 Å². The van der Waals surface area contributed by atoms with Crippen molar-refractivity contribution in [3.05, 3.63) is 24.3 Å². The molecule has 2 rings (SSSR count). The molecule has 0 N–H and O–H groups in total. The highest BCUT2D eigenvalue weighted by atomic mass is 16.7. The molecule has 17 heavy (non-hydrogen) atoms. The molecule has 0 aromatic heterocycles. The van der Waals surface area contributed by atoms with Crippen molar-refractivity contribution in [2.75, 3.05) is 7.04 Å². The third-order valence-corrected chi connectivity index (χ3v) is 3.54. The summed E-state index contributed by atoms with van der Waals surface area (Å²) < 4.78 is 38.5. The molecule has 0 atom stereocenters. The van der Waals surface area contributed by atoms with Gasteiger partial charge < -0.3 is 14.0 Å². The number of hydrogen-bond donors (Lipinski definition) is 0. The Balaban J connectivity index is 2.31. The van der Waals surface area contributed by atoms with Gasteiger partial charge in [-0.3, -0.25) is 0 Å². The smallest absolute Gasteiger partial charge is 0.497 e. The molecular formula is C13H19BO3. The van der Waals surface area contributed by atoms with Crippen molar-refractivity contribution in [1.82, 2.24) is 0 Å². The van der Waals surface area contributed by atoms with Crippen molar-refractivity contribution >= 4 is 12.6 Å². The predicted octanol–water partition coefficient (Wildman–Crippen LogP) is 1.99. The first kappa shape index (κ1) is 9.00. The van der Waals surface area contributed by atoms with Crippen molar-refractivity contribution in [3.63, 3.8) is 0 Å². The topological polar surface area (TPSA) is 27.7 Å². The Kier molecular flexibility index (Phi) is 2.14. The fourth-order valence-electron chi connectivity index (χ4n) is 1.74. The second kappa shape index (κ2) is 4.04. The minimum Gasteiger partial charge on any atom is -0.497 e. The van der Waals surface area contributed by atoms with E-state index in [0.29, 0.717) is 5.46 Å². The van der Waals surface area contributed by atoms with E-state index in [1.807, 2.05) is 27.7 Å². The van der Waals surface area contributed by atoms with E-state index >= 15 is 0 Å². The van der Waals surface area contributed by atoms with Crippen LogP contribution in [0.25, 0.3) is 0 Å². The maximum absolute atomic E-state index is 7.22. The maximum atomic E-state index is 7.22. The summed E-state index contributed by atoms with van der Waals surface area (Å²) in [5.74, 6) is 0.256. The third-order valence-electron chi connectivity index (χ3n) is 3.54. The molecule has 1 saturated heterocycles. The Bertz CT molecular complexity index is 484. The average molecular weight is 237 g/mol. The van der Waals surface area contributed by atoms with Gasteiger partial charge >= 0.3 is 7.12 Å². The molecule has 1 aliphatic heterocycles. The van der Waals surface area contributed by atoms with Gasteiger partial charge in [0.05, 0.1) is 22.4 Å². The lowest BCUT2D eigenvalue weighted by atomic mass is 9.78. The van der Waals surface area contributed by atoms with Crippen LogP contribution in [0, 0.1) is 0 Å².